The van der Waals surface area contributed by atoms with Crippen molar-refractivity contribution in [2.45, 2.75) is 32.9 Å². The molecule has 36 heavy (non-hydrogen) atoms. The summed E-state index contributed by atoms with van der Waals surface area (Å²) in [5.41, 5.74) is 1.86. The molecule has 3 heterocycles. The van der Waals surface area contributed by atoms with Gasteiger partial charge in [0, 0.05) is 48.9 Å². The van der Waals surface area contributed by atoms with Crippen LogP contribution in [-0.4, -0.2) is 30.6 Å². The fraction of sp³-hybridized carbons (Fsp3) is 0.240. The van der Waals surface area contributed by atoms with Crippen LogP contribution >= 0.6 is 0 Å². The molecule has 1 amide bonds. The SMILES string of the molecule is Cc1nn(C)cc1Cc1ncc(-c2ccc(CC(=O)Nc3cnc(C)c(C(F)(F)F)c3)c(F)c2)cn1. The molecule has 0 saturated carbocycles. The van der Waals surface area contributed by atoms with Crippen LogP contribution in [0.3, 0.4) is 0 Å². The van der Waals surface area contributed by atoms with E-state index < -0.39 is 23.5 Å². The zero-order valence-corrected chi connectivity index (χ0v) is 19.7. The minimum absolute atomic E-state index is 0.0944. The first-order valence-electron chi connectivity index (χ1n) is 10.9. The number of nitrogens with zero attached hydrogens (tertiary/aromatic N) is 5. The molecule has 0 spiro atoms. The fourth-order valence-corrected chi connectivity index (χ4v) is 3.72. The number of rotatable bonds is 6. The zero-order valence-electron chi connectivity index (χ0n) is 19.7. The lowest BCUT2D eigenvalue weighted by Gasteiger charge is -2.12. The van der Waals surface area contributed by atoms with E-state index >= 15 is 0 Å². The van der Waals surface area contributed by atoms with Crippen molar-refractivity contribution in [2.75, 3.05) is 5.32 Å². The number of benzene rings is 1. The van der Waals surface area contributed by atoms with Crippen molar-refractivity contribution in [1.82, 2.24) is 24.7 Å². The summed E-state index contributed by atoms with van der Waals surface area (Å²) >= 11 is 0. The van der Waals surface area contributed by atoms with Gasteiger partial charge in [-0.25, -0.2) is 14.4 Å². The van der Waals surface area contributed by atoms with Crippen LogP contribution in [0.1, 0.15) is 33.9 Å². The topological polar surface area (TPSA) is 85.6 Å². The summed E-state index contributed by atoms with van der Waals surface area (Å²) in [4.78, 5) is 24.7. The van der Waals surface area contributed by atoms with E-state index in [9.17, 15) is 22.4 Å². The molecule has 0 atom stereocenters. The standard InChI is InChI=1S/C25H22F4N6O/c1-14-18(13-35(3)34-14)7-23-31-10-19(11-32-23)16-4-5-17(22(26)6-16)8-24(36)33-20-9-21(25(27,28)29)15(2)30-12-20/h4-6,9-13H,7-8H2,1-3H3,(H,33,36). The van der Waals surface area contributed by atoms with Crippen molar-refractivity contribution < 1.29 is 22.4 Å². The Hall–Kier alpha value is -4.15. The number of pyridine rings is 1. The minimum atomic E-state index is -4.60. The number of amides is 1. The Morgan fingerprint density at radius 2 is 1.69 bits per heavy atom. The van der Waals surface area contributed by atoms with Gasteiger partial charge < -0.3 is 5.32 Å². The summed E-state index contributed by atoms with van der Waals surface area (Å²) in [6.07, 6.45) is 1.78. The lowest BCUT2D eigenvalue weighted by molar-refractivity contribution is -0.138. The van der Waals surface area contributed by atoms with Gasteiger partial charge in [0.1, 0.15) is 11.6 Å². The Bertz CT molecular complexity index is 1410. The van der Waals surface area contributed by atoms with Gasteiger partial charge in [-0.3, -0.25) is 14.5 Å². The molecule has 0 aliphatic heterocycles. The lowest BCUT2D eigenvalue weighted by Crippen LogP contribution is -2.17. The molecule has 0 radical (unpaired) electrons. The van der Waals surface area contributed by atoms with E-state index in [2.05, 4.69) is 25.4 Å². The quantitative estimate of drug-likeness (QED) is 0.386. The van der Waals surface area contributed by atoms with Crippen LogP contribution in [0.5, 0.6) is 0 Å². The molecule has 0 aliphatic rings. The number of hydrogen-bond acceptors (Lipinski definition) is 5. The number of hydrogen-bond donors (Lipinski definition) is 1. The van der Waals surface area contributed by atoms with Crippen molar-refractivity contribution in [3.8, 4) is 11.1 Å². The van der Waals surface area contributed by atoms with Crippen LogP contribution < -0.4 is 5.32 Å². The third kappa shape index (κ3) is 5.73. The van der Waals surface area contributed by atoms with Crippen molar-refractivity contribution in [3.63, 3.8) is 0 Å². The Kier molecular flexibility index (Phi) is 6.82. The van der Waals surface area contributed by atoms with Gasteiger partial charge >= 0.3 is 6.18 Å². The summed E-state index contributed by atoms with van der Waals surface area (Å²) < 4.78 is 55.7. The summed E-state index contributed by atoms with van der Waals surface area (Å²) in [5, 5.41) is 6.63. The second-order valence-electron chi connectivity index (χ2n) is 8.36. The number of anilines is 1. The summed E-state index contributed by atoms with van der Waals surface area (Å²) in [7, 11) is 1.84. The molecule has 0 unspecified atom stereocenters. The van der Waals surface area contributed by atoms with Crippen molar-refractivity contribution in [1.29, 1.82) is 0 Å². The predicted molar refractivity (Wildman–Crippen MR) is 124 cm³/mol. The second-order valence-corrected chi connectivity index (χ2v) is 8.36. The second kappa shape index (κ2) is 9.84. The minimum Gasteiger partial charge on any atom is -0.324 e. The predicted octanol–water partition coefficient (Wildman–Crippen LogP) is 4.82. The van der Waals surface area contributed by atoms with E-state index in [-0.39, 0.29) is 23.4 Å². The van der Waals surface area contributed by atoms with Gasteiger partial charge in [-0.05, 0) is 37.1 Å². The molecule has 3 aromatic heterocycles. The third-order valence-corrected chi connectivity index (χ3v) is 5.58. The van der Waals surface area contributed by atoms with E-state index in [4.69, 9.17) is 0 Å². The molecule has 1 N–H and O–H groups in total. The average Bonchev–Trinajstić information content (AvgIpc) is 3.12. The zero-order chi connectivity index (χ0) is 26.0. The number of aryl methyl sites for hydroxylation is 3. The van der Waals surface area contributed by atoms with E-state index in [0.29, 0.717) is 23.4 Å². The largest absolute Gasteiger partial charge is 0.418 e. The third-order valence-electron chi connectivity index (χ3n) is 5.58. The summed E-state index contributed by atoms with van der Waals surface area (Å²) in [6.45, 7) is 3.14. The van der Waals surface area contributed by atoms with Gasteiger partial charge in [-0.15, -0.1) is 0 Å². The maximum atomic E-state index is 14.7. The maximum Gasteiger partial charge on any atom is 0.418 e. The Balaban J connectivity index is 1.43. The molecule has 0 aliphatic carbocycles. The first kappa shape index (κ1) is 25.0. The van der Waals surface area contributed by atoms with Crippen molar-refractivity contribution in [3.05, 3.63) is 88.8 Å². The average molecular weight is 498 g/mol. The molecule has 7 nitrogen and oxygen atoms in total. The van der Waals surface area contributed by atoms with Gasteiger partial charge in [0.05, 0.1) is 29.6 Å². The first-order chi connectivity index (χ1) is 17.0. The maximum absolute atomic E-state index is 14.7. The number of nitrogens with one attached hydrogen (secondary N) is 1. The van der Waals surface area contributed by atoms with Gasteiger partial charge in [-0.2, -0.15) is 18.3 Å². The number of carbonyl (C=O) groups excluding carboxylic acids is 1. The molecule has 4 aromatic rings. The summed E-state index contributed by atoms with van der Waals surface area (Å²) in [6, 6.07) is 5.15. The van der Waals surface area contributed by atoms with Crippen LogP contribution in [0, 0.1) is 19.7 Å². The lowest BCUT2D eigenvalue weighted by atomic mass is 10.0. The highest BCUT2D eigenvalue weighted by atomic mass is 19.4. The highest BCUT2D eigenvalue weighted by Crippen LogP contribution is 2.32. The Labute approximate surface area is 204 Å². The van der Waals surface area contributed by atoms with Crippen molar-refractivity contribution in [2.24, 2.45) is 7.05 Å². The highest BCUT2D eigenvalue weighted by Gasteiger charge is 2.33. The number of alkyl halides is 3. The molecule has 0 saturated heterocycles. The van der Waals surface area contributed by atoms with E-state index in [1.54, 1.807) is 23.1 Å². The molecular formula is C25H22F4N6O. The molecule has 0 fully saturated rings. The normalized spacial score (nSPS) is 11.5. The van der Waals surface area contributed by atoms with Crippen LogP contribution in [0.4, 0.5) is 23.2 Å². The van der Waals surface area contributed by atoms with Crippen LogP contribution in [0.25, 0.3) is 11.1 Å². The van der Waals surface area contributed by atoms with Crippen molar-refractivity contribution >= 4 is 11.6 Å². The first-order valence-corrected chi connectivity index (χ1v) is 10.9. The Morgan fingerprint density at radius 3 is 2.31 bits per heavy atom. The van der Waals surface area contributed by atoms with Crippen LogP contribution in [0.15, 0.2) is 49.1 Å². The number of halogens is 4. The van der Waals surface area contributed by atoms with Crippen LogP contribution in [0.2, 0.25) is 0 Å². The molecule has 186 valence electrons. The van der Waals surface area contributed by atoms with E-state index in [1.807, 2.05) is 20.2 Å². The molecular weight excluding hydrogens is 476 g/mol. The molecule has 4 rings (SSSR count). The van der Waals surface area contributed by atoms with Gasteiger partial charge in [0.2, 0.25) is 5.91 Å². The fourth-order valence-electron chi connectivity index (χ4n) is 3.72. The van der Waals surface area contributed by atoms with Gasteiger partial charge in [0.15, 0.2) is 0 Å². The van der Waals surface area contributed by atoms with Crippen LogP contribution in [-0.2, 0) is 30.9 Å². The molecule has 11 heteroatoms. The van der Waals surface area contributed by atoms with Gasteiger partial charge in [-0.1, -0.05) is 12.1 Å². The number of carbonyl (C=O) groups is 1. The Morgan fingerprint density at radius 1 is 0.972 bits per heavy atom. The van der Waals surface area contributed by atoms with E-state index in [0.717, 1.165) is 23.5 Å². The number of aromatic nitrogens is 5. The van der Waals surface area contributed by atoms with E-state index in [1.165, 1.54) is 19.1 Å². The highest BCUT2D eigenvalue weighted by molar-refractivity contribution is 5.92. The smallest absolute Gasteiger partial charge is 0.324 e. The monoisotopic (exact) mass is 498 g/mol. The molecule has 1 aromatic carbocycles. The molecule has 0 bridgehead atoms. The summed E-state index contributed by atoms with van der Waals surface area (Å²) in [5.74, 6) is -0.697. The van der Waals surface area contributed by atoms with Gasteiger partial charge in [0.25, 0.3) is 0 Å².